The maximum Gasteiger partial charge on any atom is 0.228 e. The van der Waals surface area contributed by atoms with Crippen molar-refractivity contribution in [3.63, 3.8) is 0 Å². The van der Waals surface area contributed by atoms with Gasteiger partial charge in [0.05, 0.1) is 6.42 Å². The highest BCUT2D eigenvalue weighted by Crippen LogP contribution is 2.26. The Kier molecular flexibility index (Phi) is 4.45. The number of hydrogen-bond acceptors (Lipinski definition) is 4. The highest BCUT2D eigenvalue weighted by atomic mass is 32.2. The maximum atomic E-state index is 12.4. The zero-order valence-corrected chi connectivity index (χ0v) is 15.0. The Morgan fingerprint density at radius 2 is 2.00 bits per heavy atom. The average Bonchev–Trinajstić information content (AvgIpc) is 3.23. The SMILES string of the molecule is Cn1cnnc1Sc1ccc(NC(=O)Cc2c[nH]c3ccccc23)cc1. The number of aromatic amines is 1. The molecule has 0 radical (unpaired) electrons. The summed E-state index contributed by atoms with van der Waals surface area (Å²) in [6.07, 6.45) is 3.89. The Morgan fingerprint density at radius 1 is 1.19 bits per heavy atom. The zero-order chi connectivity index (χ0) is 17.9. The number of anilines is 1. The fourth-order valence-corrected chi connectivity index (χ4v) is 3.49. The molecular formula is C19H17N5OS. The molecule has 26 heavy (non-hydrogen) atoms. The van der Waals surface area contributed by atoms with E-state index in [0.29, 0.717) is 6.42 Å². The molecule has 0 saturated carbocycles. The Bertz CT molecular complexity index is 1050. The molecule has 130 valence electrons. The van der Waals surface area contributed by atoms with Gasteiger partial charge in [-0.3, -0.25) is 4.79 Å². The van der Waals surface area contributed by atoms with Crippen LogP contribution in [0.25, 0.3) is 10.9 Å². The number of rotatable bonds is 5. The van der Waals surface area contributed by atoms with Crippen LogP contribution in [0.1, 0.15) is 5.56 Å². The van der Waals surface area contributed by atoms with Gasteiger partial charge in [-0.05, 0) is 47.7 Å². The molecule has 0 saturated heterocycles. The summed E-state index contributed by atoms with van der Waals surface area (Å²) in [4.78, 5) is 16.6. The number of nitrogens with one attached hydrogen (secondary N) is 2. The third-order valence-corrected chi connectivity index (χ3v) is 5.10. The monoisotopic (exact) mass is 363 g/mol. The van der Waals surface area contributed by atoms with Gasteiger partial charge in [0.1, 0.15) is 6.33 Å². The Morgan fingerprint density at radius 3 is 2.77 bits per heavy atom. The highest BCUT2D eigenvalue weighted by molar-refractivity contribution is 7.99. The van der Waals surface area contributed by atoms with Gasteiger partial charge in [0.2, 0.25) is 5.91 Å². The van der Waals surface area contributed by atoms with Gasteiger partial charge in [-0.1, -0.05) is 18.2 Å². The fourth-order valence-electron chi connectivity index (χ4n) is 2.73. The van der Waals surface area contributed by atoms with Gasteiger partial charge in [0.15, 0.2) is 5.16 Å². The topological polar surface area (TPSA) is 75.6 Å². The number of amides is 1. The number of H-pyrrole nitrogens is 1. The molecule has 2 N–H and O–H groups in total. The van der Waals surface area contributed by atoms with Crippen LogP contribution < -0.4 is 5.32 Å². The van der Waals surface area contributed by atoms with E-state index in [9.17, 15) is 4.79 Å². The van der Waals surface area contributed by atoms with E-state index < -0.39 is 0 Å². The van der Waals surface area contributed by atoms with Crippen LogP contribution in [0.4, 0.5) is 5.69 Å². The molecule has 0 atom stereocenters. The van der Waals surface area contributed by atoms with Gasteiger partial charge in [-0.15, -0.1) is 10.2 Å². The molecule has 0 unspecified atom stereocenters. The van der Waals surface area contributed by atoms with Crippen molar-refractivity contribution in [3.8, 4) is 0 Å². The lowest BCUT2D eigenvalue weighted by molar-refractivity contribution is -0.115. The van der Waals surface area contributed by atoms with Crippen molar-refractivity contribution in [1.29, 1.82) is 0 Å². The molecule has 4 rings (SSSR count). The number of carbonyl (C=O) groups is 1. The molecular weight excluding hydrogens is 346 g/mol. The van der Waals surface area contributed by atoms with Crippen molar-refractivity contribution in [2.24, 2.45) is 7.05 Å². The molecule has 1 amide bonds. The van der Waals surface area contributed by atoms with Gasteiger partial charge in [0.25, 0.3) is 0 Å². The zero-order valence-electron chi connectivity index (χ0n) is 14.1. The minimum Gasteiger partial charge on any atom is -0.361 e. The van der Waals surface area contributed by atoms with Crippen LogP contribution in [0.5, 0.6) is 0 Å². The van der Waals surface area contributed by atoms with Crippen molar-refractivity contribution in [3.05, 3.63) is 66.6 Å². The standard InChI is InChI=1S/C19H17N5OS/c1-24-12-21-23-19(24)26-15-8-6-14(7-9-15)22-18(25)10-13-11-20-17-5-3-2-4-16(13)17/h2-9,11-12,20H,10H2,1H3,(H,22,25). The van der Waals surface area contributed by atoms with E-state index in [1.807, 2.05) is 66.3 Å². The predicted octanol–water partition coefficient (Wildman–Crippen LogP) is 3.63. The van der Waals surface area contributed by atoms with Crippen molar-refractivity contribution in [1.82, 2.24) is 19.7 Å². The molecule has 2 heterocycles. The van der Waals surface area contributed by atoms with Crippen LogP contribution >= 0.6 is 11.8 Å². The molecule has 0 spiro atoms. The van der Waals surface area contributed by atoms with E-state index in [4.69, 9.17) is 0 Å². The summed E-state index contributed by atoms with van der Waals surface area (Å²) in [6.45, 7) is 0. The average molecular weight is 363 g/mol. The van der Waals surface area contributed by atoms with Crippen molar-refractivity contribution in [2.45, 2.75) is 16.5 Å². The molecule has 0 bridgehead atoms. The Labute approximate surface area is 154 Å². The molecule has 4 aromatic rings. The Balaban J connectivity index is 1.40. The lowest BCUT2D eigenvalue weighted by Gasteiger charge is -2.06. The first-order chi connectivity index (χ1) is 12.7. The maximum absolute atomic E-state index is 12.4. The molecule has 2 aromatic carbocycles. The lowest BCUT2D eigenvalue weighted by atomic mass is 10.1. The van der Waals surface area contributed by atoms with Gasteiger partial charge in [-0.2, -0.15) is 0 Å². The van der Waals surface area contributed by atoms with Crippen LogP contribution in [0, 0.1) is 0 Å². The lowest BCUT2D eigenvalue weighted by Crippen LogP contribution is -2.14. The summed E-state index contributed by atoms with van der Waals surface area (Å²) in [5.41, 5.74) is 2.81. The molecule has 0 aliphatic rings. The minimum absolute atomic E-state index is 0.0385. The second-order valence-corrected chi connectivity index (χ2v) is 6.98. The van der Waals surface area contributed by atoms with Gasteiger partial charge < -0.3 is 14.9 Å². The number of nitrogens with zero attached hydrogens (tertiary/aromatic N) is 3. The summed E-state index contributed by atoms with van der Waals surface area (Å²) in [7, 11) is 1.90. The molecule has 6 nitrogen and oxygen atoms in total. The van der Waals surface area contributed by atoms with Crippen molar-refractivity contribution < 1.29 is 4.79 Å². The number of hydrogen-bond donors (Lipinski definition) is 2. The number of para-hydroxylation sites is 1. The summed E-state index contributed by atoms with van der Waals surface area (Å²) >= 11 is 1.53. The predicted molar refractivity (Wildman–Crippen MR) is 102 cm³/mol. The van der Waals surface area contributed by atoms with Crippen molar-refractivity contribution in [2.75, 3.05) is 5.32 Å². The number of benzene rings is 2. The third-order valence-electron chi connectivity index (χ3n) is 4.04. The van der Waals surface area contributed by atoms with E-state index in [2.05, 4.69) is 20.5 Å². The largest absolute Gasteiger partial charge is 0.361 e. The van der Waals surface area contributed by atoms with E-state index >= 15 is 0 Å². The van der Waals surface area contributed by atoms with Crippen LogP contribution in [0.2, 0.25) is 0 Å². The first-order valence-corrected chi connectivity index (χ1v) is 8.97. The first-order valence-electron chi connectivity index (χ1n) is 8.16. The quantitative estimate of drug-likeness (QED) is 0.568. The summed E-state index contributed by atoms with van der Waals surface area (Å²) in [5, 5.41) is 12.8. The van der Waals surface area contributed by atoms with E-state index in [1.54, 1.807) is 6.33 Å². The smallest absolute Gasteiger partial charge is 0.228 e. The molecule has 7 heteroatoms. The third kappa shape index (κ3) is 3.48. The fraction of sp³-hybridized carbons (Fsp3) is 0.105. The van der Waals surface area contributed by atoms with Gasteiger partial charge in [0, 0.05) is 34.7 Å². The number of aryl methyl sites for hydroxylation is 1. The molecule has 0 aliphatic heterocycles. The second kappa shape index (κ2) is 7.05. The van der Waals surface area contributed by atoms with Gasteiger partial charge >= 0.3 is 0 Å². The molecule has 0 aliphatic carbocycles. The first kappa shape index (κ1) is 16.4. The van der Waals surface area contributed by atoms with E-state index in [0.717, 1.165) is 32.2 Å². The van der Waals surface area contributed by atoms with Crippen molar-refractivity contribution >= 4 is 34.3 Å². The summed E-state index contributed by atoms with van der Waals surface area (Å²) < 4.78 is 1.86. The van der Waals surface area contributed by atoms with E-state index in [-0.39, 0.29) is 5.91 Å². The summed E-state index contributed by atoms with van der Waals surface area (Å²) in [5.74, 6) is -0.0385. The molecule has 2 aromatic heterocycles. The summed E-state index contributed by atoms with van der Waals surface area (Å²) in [6, 6.07) is 15.7. The normalized spacial score (nSPS) is 11.0. The number of aromatic nitrogens is 4. The van der Waals surface area contributed by atoms with Crippen LogP contribution in [-0.2, 0) is 18.3 Å². The minimum atomic E-state index is -0.0385. The van der Waals surface area contributed by atoms with E-state index in [1.165, 1.54) is 11.8 Å². The highest BCUT2D eigenvalue weighted by Gasteiger charge is 2.09. The number of carbonyl (C=O) groups excluding carboxylic acids is 1. The Hall–Kier alpha value is -3.06. The second-order valence-electron chi connectivity index (χ2n) is 5.94. The van der Waals surface area contributed by atoms with Crippen LogP contribution in [0.15, 0.2) is 71.1 Å². The van der Waals surface area contributed by atoms with Gasteiger partial charge in [-0.25, -0.2) is 0 Å². The van der Waals surface area contributed by atoms with Crippen LogP contribution in [0.3, 0.4) is 0 Å². The number of fused-ring (bicyclic) bond motifs is 1. The van der Waals surface area contributed by atoms with Crippen LogP contribution in [-0.4, -0.2) is 25.7 Å². The molecule has 0 fully saturated rings.